The van der Waals surface area contributed by atoms with Crippen molar-refractivity contribution >= 4 is 5.91 Å². The van der Waals surface area contributed by atoms with Gasteiger partial charge in [-0.15, -0.1) is 0 Å². The van der Waals surface area contributed by atoms with Crippen molar-refractivity contribution in [3.63, 3.8) is 0 Å². The maximum absolute atomic E-state index is 13.6. The molecule has 4 unspecified atom stereocenters. The lowest BCUT2D eigenvalue weighted by Gasteiger charge is -2.32. The Morgan fingerprint density at radius 3 is 2.70 bits per heavy atom. The van der Waals surface area contributed by atoms with E-state index in [1.165, 1.54) is 0 Å². The molecule has 30 heavy (non-hydrogen) atoms. The molecule has 4 atom stereocenters. The van der Waals surface area contributed by atoms with Gasteiger partial charge in [-0.05, 0) is 61.8 Å². The van der Waals surface area contributed by atoms with E-state index in [0.29, 0.717) is 24.1 Å². The summed E-state index contributed by atoms with van der Waals surface area (Å²) in [5.41, 5.74) is -0.764. The highest BCUT2D eigenvalue weighted by Crippen LogP contribution is 2.31. The van der Waals surface area contributed by atoms with Gasteiger partial charge in [0.1, 0.15) is 5.82 Å². The number of hydrogen-bond donors (Lipinski definition) is 1. The lowest BCUT2D eigenvalue weighted by molar-refractivity contribution is -0.138. The standard InChI is InChI=1S/C22H30F4N2O2/c1-14-13-30-8-6-20(14)27-19-4-3-16(11-19)21(29)28(2)7-5-15-9-17(22(24,25)26)12-18(23)10-15/h9-10,12,14,16,19-20,27H,3-8,11,13H2,1-2H3. The fourth-order valence-corrected chi connectivity index (χ4v) is 4.46. The molecule has 1 saturated heterocycles. The Labute approximate surface area is 175 Å². The SMILES string of the molecule is CC1COCCC1NC1CCC(C(=O)N(C)CCc2cc(F)cc(C(F)(F)F)c2)C1. The van der Waals surface area contributed by atoms with Crippen LogP contribution in [0, 0.1) is 17.7 Å². The predicted octanol–water partition coefficient (Wildman–Crippen LogP) is 4.03. The Morgan fingerprint density at radius 2 is 2.00 bits per heavy atom. The maximum Gasteiger partial charge on any atom is 0.416 e. The second-order valence-corrected chi connectivity index (χ2v) is 8.68. The average Bonchev–Trinajstić information content (AvgIpc) is 3.15. The minimum atomic E-state index is -4.59. The van der Waals surface area contributed by atoms with Crippen LogP contribution < -0.4 is 5.32 Å². The molecule has 1 heterocycles. The maximum atomic E-state index is 13.6. The number of benzene rings is 1. The zero-order valence-electron chi connectivity index (χ0n) is 17.5. The van der Waals surface area contributed by atoms with E-state index in [1.54, 1.807) is 11.9 Å². The van der Waals surface area contributed by atoms with Crippen molar-refractivity contribution in [1.82, 2.24) is 10.2 Å². The first-order valence-electron chi connectivity index (χ1n) is 10.6. The molecule has 1 aliphatic heterocycles. The molecule has 2 aliphatic rings. The van der Waals surface area contributed by atoms with Gasteiger partial charge < -0.3 is 15.0 Å². The number of hydrogen-bond acceptors (Lipinski definition) is 3. The Bertz CT molecular complexity index is 740. The van der Waals surface area contributed by atoms with Crippen LogP contribution in [0.3, 0.4) is 0 Å². The van der Waals surface area contributed by atoms with Gasteiger partial charge in [0.25, 0.3) is 0 Å². The second kappa shape index (κ2) is 9.64. The molecule has 1 N–H and O–H groups in total. The number of halogens is 4. The van der Waals surface area contributed by atoms with E-state index in [9.17, 15) is 22.4 Å². The van der Waals surface area contributed by atoms with E-state index in [0.717, 1.165) is 51.0 Å². The summed E-state index contributed by atoms with van der Waals surface area (Å²) in [4.78, 5) is 14.3. The van der Waals surface area contributed by atoms with Crippen molar-refractivity contribution in [3.05, 3.63) is 35.1 Å². The molecule has 1 aromatic rings. The molecule has 3 rings (SSSR count). The van der Waals surface area contributed by atoms with Crippen molar-refractivity contribution in [2.75, 3.05) is 26.8 Å². The highest BCUT2D eigenvalue weighted by atomic mass is 19.4. The molecule has 1 amide bonds. The van der Waals surface area contributed by atoms with Crippen LogP contribution in [0.1, 0.15) is 43.7 Å². The third kappa shape index (κ3) is 5.94. The molecule has 4 nitrogen and oxygen atoms in total. The van der Waals surface area contributed by atoms with E-state index in [1.807, 2.05) is 0 Å². The van der Waals surface area contributed by atoms with Gasteiger partial charge in [0.15, 0.2) is 0 Å². The number of likely N-dealkylation sites (N-methyl/N-ethyl adjacent to an activating group) is 1. The Hall–Kier alpha value is -1.67. The summed E-state index contributed by atoms with van der Waals surface area (Å²) < 4.78 is 57.6. The third-order valence-corrected chi connectivity index (χ3v) is 6.27. The summed E-state index contributed by atoms with van der Waals surface area (Å²) in [6.45, 7) is 3.94. The van der Waals surface area contributed by atoms with Gasteiger partial charge in [-0.2, -0.15) is 13.2 Å². The van der Waals surface area contributed by atoms with Gasteiger partial charge in [-0.1, -0.05) is 6.92 Å². The number of rotatable bonds is 6. The van der Waals surface area contributed by atoms with Crippen LogP contribution in [0.15, 0.2) is 18.2 Å². The summed E-state index contributed by atoms with van der Waals surface area (Å²) in [5, 5.41) is 3.68. The number of amides is 1. The van der Waals surface area contributed by atoms with E-state index in [2.05, 4.69) is 12.2 Å². The minimum Gasteiger partial charge on any atom is -0.381 e. The lowest BCUT2D eigenvalue weighted by Crippen LogP contribution is -2.45. The normalized spacial score (nSPS) is 27.3. The summed E-state index contributed by atoms with van der Waals surface area (Å²) >= 11 is 0. The predicted molar refractivity (Wildman–Crippen MR) is 105 cm³/mol. The van der Waals surface area contributed by atoms with Crippen LogP contribution in [-0.4, -0.2) is 49.7 Å². The first-order valence-corrected chi connectivity index (χ1v) is 10.6. The highest BCUT2D eigenvalue weighted by Gasteiger charge is 2.34. The van der Waals surface area contributed by atoms with Crippen LogP contribution >= 0.6 is 0 Å². The quantitative estimate of drug-likeness (QED) is 0.693. The van der Waals surface area contributed by atoms with E-state index < -0.39 is 17.6 Å². The molecule has 0 radical (unpaired) electrons. The topological polar surface area (TPSA) is 41.6 Å². The Balaban J connectivity index is 1.50. The number of carbonyl (C=O) groups is 1. The van der Waals surface area contributed by atoms with Crippen LogP contribution in [0.4, 0.5) is 17.6 Å². The first-order chi connectivity index (χ1) is 14.1. The minimum absolute atomic E-state index is 0.00627. The van der Waals surface area contributed by atoms with Crippen molar-refractivity contribution in [2.24, 2.45) is 11.8 Å². The van der Waals surface area contributed by atoms with Gasteiger partial charge in [0, 0.05) is 38.2 Å². The van der Waals surface area contributed by atoms with Gasteiger partial charge in [-0.3, -0.25) is 4.79 Å². The van der Waals surface area contributed by atoms with Gasteiger partial charge in [0.05, 0.1) is 12.2 Å². The summed E-state index contributed by atoms with van der Waals surface area (Å²) in [6.07, 6.45) is -0.928. The summed E-state index contributed by atoms with van der Waals surface area (Å²) in [5.74, 6) is -0.544. The highest BCUT2D eigenvalue weighted by molar-refractivity contribution is 5.79. The fraction of sp³-hybridized carbons (Fsp3) is 0.682. The number of alkyl halides is 3. The van der Waals surface area contributed by atoms with Crippen LogP contribution in [0.25, 0.3) is 0 Å². The smallest absolute Gasteiger partial charge is 0.381 e. The zero-order chi connectivity index (χ0) is 21.9. The van der Waals surface area contributed by atoms with E-state index in [4.69, 9.17) is 4.74 Å². The number of nitrogens with one attached hydrogen (secondary N) is 1. The van der Waals surface area contributed by atoms with Crippen LogP contribution in [0.2, 0.25) is 0 Å². The molecular formula is C22H30F4N2O2. The third-order valence-electron chi connectivity index (χ3n) is 6.27. The number of nitrogens with zero attached hydrogens (tertiary/aromatic N) is 1. The second-order valence-electron chi connectivity index (χ2n) is 8.68. The monoisotopic (exact) mass is 430 g/mol. The zero-order valence-corrected chi connectivity index (χ0v) is 17.5. The lowest BCUT2D eigenvalue weighted by atomic mass is 9.96. The average molecular weight is 430 g/mol. The van der Waals surface area contributed by atoms with E-state index in [-0.39, 0.29) is 30.4 Å². The molecule has 1 saturated carbocycles. The largest absolute Gasteiger partial charge is 0.416 e. The van der Waals surface area contributed by atoms with Crippen LogP contribution in [-0.2, 0) is 22.1 Å². The van der Waals surface area contributed by atoms with Crippen molar-refractivity contribution in [2.45, 2.75) is 57.3 Å². The van der Waals surface area contributed by atoms with Crippen molar-refractivity contribution in [3.8, 4) is 0 Å². The number of carbonyl (C=O) groups excluding carboxylic acids is 1. The fourth-order valence-electron chi connectivity index (χ4n) is 4.46. The van der Waals surface area contributed by atoms with Crippen LogP contribution in [0.5, 0.6) is 0 Å². The Kier molecular flexibility index (Phi) is 7.39. The summed E-state index contributed by atoms with van der Waals surface area (Å²) in [6, 6.07) is 3.24. The number of ether oxygens (including phenoxy) is 1. The first kappa shape index (κ1) is 23.0. The summed E-state index contributed by atoms with van der Waals surface area (Å²) in [7, 11) is 1.66. The van der Waals surface area contributed by atoms with Crippen molar-refractivity contribution in [1.29, 1.82) is 0 Å². The van der Waals surface area contributed by atoms with E-state index >= 15 is 0 Å². The molecule has 0 spiro atoms. The molecule has 168 valence electrons. The molecule has 8 heteroatoms. The molecule has 0 aromatic heterocycles. The van der Waals surface area contributed by atoms with Gasteiger partial charge >= 0.3 is 6.18 Å². The van der Waals surface area contributed by atoms with Gasteiger partial charge in [0.2, 0.25) is 5.91 Å². The molecule has 1 aliphatic carbocycles. The van der Waals surface area contributed by atoms with Crippen molar-refractivity contribution < 1.29 is 27.1 Å². The van der Waals surface area contributed by atoms with Gasteiger partial charge in [-0.25, -0.2) is 4.39 Å². The molecule has 1 aromatic carbocycles. The molecule has 0 bridgehead atoms. The molecular weight excluding hydrogens is 400 g/mol. The Morgan fingerprint density at radius 1 is 1.23 bits per heavy atom. The molecule has 2 fully saturated rings.